The van der Waals surface area contributed by atoms with Gasteiger partial charge in [0, 0.05) is 53.0 Å². The summed E-state index contributed by atoms with van der Waals surface area (Å²) in [4.78, 5) is 18.2. The molecule has 0 spiro atoms. The lowest BCUT2D eigenvalue weighted by Crippen LogP contribution is -2.51. The molecule has 1 unspecified atom stereocenters. The molecule has 1 fully saturated rings. The van der Waals surface area contributed by atoms with Crippen molar-refractivity contribution >= 4 is 49.3 Å². The third-order valence-corrected chi connectivity index (χ3v) is 7.88. The Morgan fingerprint density at radius 1 is 1.07 bits per heavy atom. The molecular weight excluding hydrogens is 410 g/mol. The fraction of sp³-hybridized carbons (Fsp3) is 0.381. The molecule has 1 aliphatic rings. The molecule has 0 saturated carbocycles. The summed E-state index contributed by atoms with van der Waals surface area (Å²) in [6.07, 6.45) is 0. The molecule has 2 aromatic carbocycles. The number of hydrogen-bond acceptors (Lipinski definition) is 3. The van der Waals surface area contributed by atoms with Crippen LogP contribution in [0.2, 0.25) is 5.02 Å². The van der Waals surface area contributed by atoms with Crippen LogP contribution in [-0.2, 0) is 14.8 Å². The second-order valence-corrected chi connectivity index (χ2v) is 10.2. The molecule has 154 valence electrons. The highest BCUT2D eigenvalue weighted by Crippen LogP contribution is 2.30. The zero-order valence-electron chi connectivity index (χ0n) is 16.5. The maximum absolute atomic E-state index is 13.0. The summed E-state index contributed by atoms with van der Waals surface area (Å²) in [5.41, 5.74) is 2.91. The van der Waals surface area contributed by atoms with Gasteiger partial charge in [0.1, 0.15) is 0 Å². The van der Waals surface area contributed by atoms with E-state index in [2.05, 4.69) is 4.98 Å². The molecule has 1 aromatic heterocycles. The topological polar surface area (TPSA) is 73.5 Å². The Morgan fingerprint density at radius 3 is 2.48 bits per heavy atom. The molecule has 29 heavy (non-hydrogen) atoms. The highest BCUT2D eigenvalue weighted by atomic mass is 35.5. The minimum Gasteiger partial charge on any atom is -0.355 e. The van der Waals surface area contributed by atoms with E-state index in [9.17, 15) is 13.2 Å². The molecule has 1 amide bonds. The van der Waals surface area contributed by atoms with Crippen LogP contribution in [0, 0.1) is 0 Å². The molecule has 3 aromatic rings. The van der Waals surface area contributed by atoms with Crippen LogP contribution in [0.25, 0.3) is 21.8 Å². The van der Waals surface area contributed by atoms with Gasteiger partial charge >= 0.3 is 0 Å². The Hall–Kier alpha value is -2.09. The minimum absolute atomic E-state index is 0.0250. The average Bonchev–Trinajstić information content (AvgIpc) is 3.09. The molecule has 4 rings (SSSR count). The molecular formula is C21H24ClN3O3S. The molecule has 1 saturated heterocycles. The number of benzene rings is 2. The van der Waals surface area contributed by atoms with Gasteiger partial charge in [-0.3, -0.25) is 4.79 Å². The van der Waals surface area contributed by atoms with Gasteiger partial charge in [0.25, 0.3) is 0 Å². The predicted molar refractivity (Wildman–Crippen MR) is 117 cm³/mol. The predicted octanol–water partition coefficient (Wildman–Crippen LogP) is 3.57. The minimum atomic E-state index is -3.20. The number of halogens is 1. The third-order valence-electron chi connectivity index (χ3n) is 5.76. The van der Waals surface area contributed by atoms with E-state index < -0.39 is 10.0 Å². The first-order chi connectivity index (χ1) is 13.8. The van der Waals surface area contributed by atoms with Crippen molar-refractivity contribution in [3.8, 4) is 0 Å². The van der Waals surface area contributed by atoms with Crippen LogP contribution < -0.4 is 0 Å². The highest BCUT2D eigenvalue weighted by molar-refractivity contribution is 7.89. The number of sulfonamides is 1. The van der Waals surface area contributed by atoms with Crippen LogP contribution in [0.15, 0.2) is 36.4 Å². The lowest BCUT2D eigenvalue weighted by Gasteiger charge is -2.35. The standard InChI is InChI=1S/C21H24ClN3O3S/c1-3-29(27,28)25-10-8-24(9-11-25)21(26)14(2)15-4-6-17-18-13-16(22)5-7-19(18)23-20(17)12-15/h4-7,12-14,23H,3,8-11H2,1-2H3. The summed E-state index contributed by atoms with van der Waals surface area (Å²) in [5.74, 6) is -0.187. The van der Waals surface area contributed by atoms with Crippen molar-refractivity contribution in [2.75, 3.05) is 31.9 Å². The fourth-order valence-corrected chi connectivity index (χ4v) is 5.21. The summed E-state index contributed by atoms with van der Waals surface area (Å²) in [6, 6.07) is 11.8. The first kappa shape index (κ1) is 20.2. The van der Waals surface area contributed by atoms with Crippen LogP contribution in [0.4, 0.5) is 0 Å². The van der Waals surface area contributed by atoms with E-state index in [0.717, 1.165) is 27.4 Å². The first-order valence-electron chi connectivity index (χ1n) is 9.77. The van der Waals surface area contributed by atoms with Crippen molar-refractivity contribution in [2.24, 2.45) is 0 Å². The van der Waals surface area contributed by atoms with Crippen molar-refractivity contribution in [1.29, 1.82) is 0 Å². The number of hydrogen-bond donors (Lipinski definition) is 1. The SMILES string of the molecule is CCS(=O)(=O)N1CCN(C(=O)C(C)c2ccc3c(c2)[nH]c2ccc(Cl)cc23)CC1. The zero-order chi connectivity index (χ0) is 20.8. The molecule has 0 aliphatic carbocycles. The maximum atomic E-state index is 13.0. The third kappa shape index (κ3) is 3.74. The van der Waals surface area contributed by atoms with E-state index in [1.54, 1.807) is 11.8 Å². The number of nitrogens with one attached hydrogen (secondary N) is 1. The number of rotatable bonds is 4. The average molecular weight is 434 g/mol. The molecule has 0 radical (unpaired) electrons. The van der Waals surface area contributed by atoms with Gasteiger partial charge < -0.3 is 9.88 Å². The summed E-state index contributed by atoms with van der Waals surface area (Å²) >= 11 is 6.13. The van der Waals surface area contributed by atoms with Crippen LogP contribution in [-0.4, -0.2) is 60.4 Å². The molecule has 8 heteroatoms. The monoisotopic (exact) mass is 433 g/mol. The van der Waals surface area contributed by atoms with E-state index >= 15 is 0 Å². The van der Waals surface area contributed by atoms with Crippen LogP contribution in [0.3, 0.4) is 0 Å². The van der Waals surface area contributed by atoms with Gasteiger partial charge in [-0.05, 0) is 43.7 Å². The summed E-state index contributed by atoms with van der Waals surface area (Å²) in [5, 5.41) is 2.82. The number of aromatic amines is 1. The smallest absolute Gasteiger partial charge is 0.229 e. The first-order valence-corrected chi connectivity index (χ1v) is 11.8. The Labute approximate surface area is 175 Å². The van der Waals surface area contributed by atoms with Crippen molar-refractivity contribution < 1.29 is 13.2 Å². The molecule has 2 heterocycles. The molecule has 6 nitrogen and oxygen atoms in total. The highest BCUT2D eigenvalue weighted by Gasteiger charge is 2.30. The number of piperazine rings is 1. The normalized spacial score (nSPS) is 17.1. The Bertz CT molecular complexity index is 1180. The number of carbonyl (C=O) groups is 1. The molecule has 1 aliphatic heterocycles. The fourth-order valence-electron chi connectivity index (χ4n) is 3.95. The van der Waals surface area contributed by atoms with Crippen molar-refractivity contribution in [3.05, 3.63) is 47.0 Å². The molecule has 1 N–H and O–H groups in total. The summed E-state index contributed by atoms with van der Waals surface area (Å²) < 4.78 is 25.5. The van der Waals surface area contributed by atoms with E-state index in [1.165, 1.54) is 4.31 Å². The summed E-state index contributed by atoms with van der Waals surface area (Å²) in [7, 11) is -3.20. The van der Waals surface area contributed by atoms with Gasteiger partial charge in [0.05, 0.1) is 11.7 Å². The summed E-state index contributed by atoms with van der Waals surface area (Å²) in [6.45, 7) is 5.11. The lowest BCUT2D eigenvalue weighted by molar-refractivity contribution is -0.133. The van der Waals surface area contributed by atoms with Crippen molar-refractivity contribution in [1.82, 2.24) is 14.2 Å². The number of fused-ring (bicyclic) bond motifs is 3. The van der Waals surface area contributed by atoms with E-state index in [1.807, 2.05) is 43.3 Å². The maximum Gasteiger partial charge on any atom is 0.229 e. The second-order valence-electron chi connectivity index (χ2n) is 7.47. The van der Waals surface area contributed by atoms with Gasteiger partial charge in [-0.25, -0.2) is 8.42 Å². The Kier molecular flexibility index (Phi) is 5.31. The van der Waals surface area contributed by atoms with E-state index in [4.69, 9.17) is 11.6 Å². The largest absolute Gasteiger partial charge is 0.355 e. The second kappa shape index (κ2) is 7.63. The number of carbonyl (C=O) groups excluding carboxylic acids is 1. The van der Waals surface area contributed by atoms with Gasteiger partial charge in [0.15, 0.2) is 0 Å². The number of nitrogens with zero attached hydrogens (tertiary/aromatic N) is 2. The molecule has 1 atom stereocenters. The van der Waals surface area contributed by atoms with Crippen LogP contribution in [0.5, 0.6) is 0 Å². The van der Waals surface area contributed by atoms with Gasteiger partial charge in [-0.2, -0.15) is 4.31 Å². The Balaban J connectivity index is 1.53. The number of amides is 1. The quantitative estimate of drug-likeness (QED) is 0.683. The van der Waals surface area contributed by atoms with E-state index in [0.29, 0.717) is 31.2 Å². The zero-order valence-corrected chi connectivity index (χ0v) is 18.1. The van der Waals surface area contributed by atoms with Gasteiger partial charge in [-0.15, -0.1) is 0 Å². The van der Waals surface area contributed by atoms with Gasteiger partial charge in [0.2, 0.25) is 15.9 Å². The van der Waals surface area contributed by atoms with E-state index in [-0.39, 0.29) is 17.6 Å². The Morgan fingerprint density at radius 2 is 1.79 bits per heavy atom. The van der Waals surface area contributed by atoms with Crippen LogP contribution >= 0.6 is 11.6 Å². The van der Waals surface area contributed by atoms with Crippen molar-refractivity contribution in [3.63, 3.8) is 0 Å². The number of aromatic nitrogens is 1. The molecule has 0 bridgehead atoms. The number of H-pyrrole nitrogens is 1. The van der Waals surface area contributed by atoms with Gasteiger partial charge in [-0.1, -0.05) is 23.7 Å². The van der Waals surface area contributed by atoms with Crippen molar-refractivity contribution in [2.45, 2.75) is 19.8 Å². The van der Waals surface area contributed by atoms with Crippen LogP contribution in [0.1, 0.15) is 25.3 Å². The lowest BCUT2D eigenvalue weighted by atomic mass is 9.98.